The minimum Gasteiger partial charge on any atom is -0.369 e. The summed E-state index contributed by atoms with van der Waals surface area (Å²) in [5, 5.41) is 3.41. The number of hydrogen-bond donors (Lipinski definition) is 2. The maximum Gasteiger partial charge on any atom is 0.0367 e. The van der Waals surface area contributed by atoms with Gasteiger partial charge in [0.15, 0.2) is 0 Å². The molecule has 1 saturated heterocycles. The highest BCUT2D eigenvalue weighted by Crippen LogP contribution is 2.20. The number of hydrogen-bond acceptors (Lipinski definition) is 4. The summed E-state index contributed by atoms with van der Waals surface area (Å²) in [6.07, 6.45) is 0. The molecule has 2 rings (SSSR count). The molecule has 1 aliphatic heterocycles. The molecular weight excluding hydrogens is 236 g/mol. The maximum absolute atomic E-state index is 5.51. The van der Waals surface area contributed by atoms with Crippen LogP contribution in [0, 0.1) is 0 Å². The van der Waals surface area contributed by atoms with E-state index in [1.54, 1.807) is 0 Å². The molecule has 0 spiro atoms. The lowest BCUT2D eigenvalue weighted by Crippen LogP contribution is -2.44. The molecule has 1 unspecified atom stereocenters. The second-order valence-corrected chi connectivity index (χ2v) is 5.35. The predicted molar refractivity (Wildman–Crippen MR) is 81.6 cm³/mol. The molecule has 106 valence electrons. The summed E-state index contributed by atoms with van der Waals surface area (Å²) in [4.78, 5) is 4.84. The smallest absolute Gasteiger partial charge is 0.0367 e. The molecule has 1 aliphatic rings. The molecule has 1 aromatic rings. The van der Waals surface area contributed by atoms with Crippen LogP contribution in [-0.2, 0) is 0 Å². The van der Waals surface area contributed by atoms with Gasteiger partial charge in [0.2, 0.25) is 0 Å². The minimum absolute atomic E-state index is 0.366. The van der Waals surface area contributed by atoms with E-state index in [-0.39, 0.29) is 0 Å². The fourth-order valence-electron chi connectivity index (χ4n) is 2.46. The molecule has 1 fully saturated rings. The molecule has 0 saturated carbocycles. The van der Waals surface area contributed by atoms with Gasteiger partial charge in [-0.25, -0.2) is 0 Å². The Morgan fingerprint density at radius 2 is 1.79 bits per heavy atom. The second kappa shape index (κ2) is 6.89. The Kier molecular flexibility index (Phi) is 5.19. The summed E-state index contributed by atoms with van der Waals surface area (Å²) >= 11 is 0. The van der Waals surface area contributed by atoms with Crippen molar-refractivity contribution in [2.24, 2.45) is 5.73 Å². The monoisotopic (exact) mass is 262 g/mol. The predicted octanol–water partition coefficient (Wildman–Crippen LogP) is 1.05. The molecule has 4 nitrogen and oxygen atoms in total. The van der Waals surface area contributed by atoms with E-state index < -0.39 is 0 Å². The third-order valence-corrected chi connectivity index (χ3v) is 3.86. The van der Waals surface area contributed by atoms with Crippen molar-refractivity contribution in [3.05, 3.63) is 29.8 Å². The van der Waals surface area contributed by atoms with Gasteiger partial charge in [0, 0.05) is 51.0 Å². The van der Waals surface area contributed by atoms with E-state index in [4.69, 9.17) is 5.73 Å². The SMILES string of the molecule is CC(NCCN)c1ccc(N2CCN(C)CC2)cc1. The van der Waals surface area contributed by atoms with Gasteiger partial charge in [-0.15, -0.1) is 0 Å². The highest BCUT2D eigenvalue weighted by molar-refractivity contribution is 5.48. The van der Waals surface area contributed by atoms with Crippen LogP contribution in [0.15, 0.2) is 24.3 Å². The molecule has 0 amide bonds. The average molecular weight is 262 g/mol. The Hall–Kier alpha value is -1.10. The molecule has 1 aromatic carbocycles. The fourth-order valence-corrected chi connectivity index (χ4v) is 2.46. The van der Waals surface area contributed by atoms with E-state index in [1.165, 1.54) is 11.3 Å². The number of anilines is 1. The summed E-state index contributed by atoms with van der Waals surface area (Å²) in [5.41, 5.74) is 8.18. The normalized spacial score (nSPS) is 18.6. The summed E-state index contributed by atoms with van der Waals surface area (Å²) in [5.74, 6) is 0. The Morgan fingerprint density at radius 3 is 2.37 bits per heavy atom. The highest BCUT2D eigenvalue weighted by atomic mass is 15.2. The largest absolute Gasteiger partial charge is 0.369 e. The summed E-state index contributed by atoms with van der Waals surface area (Å²) < 4.78 is 0. The number of likely N-dealkylation sites (N-methyl/N-ethyl adjacent to an activating group) is 1. The van der Waals surface area contributed by atoms with Crippen molar-refractivity contribution >= 4 is 5.69 Å². The Morgan fingerprint density at radius 1 is 1.16 bits per heavy atom. The number of rotatable bonds is 5. The van der Waals surface area contributed by atoms with Gasteiger partial charge >= 0.3 is 0 Å². The number of nitrogens with one attached hydrogen (secondary N) is 1. The van der Waals surface area contributed by atoms with Crippen LogP contribution in [0.1, 0.15) is 18.5 Å². The average Bonchev–Trinajstić information content (AvgIpc) is 2.46. The summed E-state index contributed by atoms with van der Waals surface area (Å²) in [6.45, 7) is 8.27. The van der Waals surface area contributed by atoms with Gasteiger partial charge in [-0.1, -0.05) is 12.1 Å². The van der Waals surface area contributed by atoms with Gasteiger partial charge in [0.1, 0.15) is 0 Å². The third kappa shape index (κ3) is 3.93. The molecule has 1 heterocycles. The van der Waals surface area contributed by atoms with Crippen LogP contribution in [0.2, 0.25) is 0 Å². The fraction of sp³-hybridized carbons (Fsp3) is 0.600. The molecule has 3 N–H and O–H groups in total. The Bertz CT molecular complexity index is 368. The number of benzene rings is 1. The zero-order valence-corrected chi connectivity index (χ0v) is 12.1. The van der Waals surface area contributed by atoms with Gasteiger partial charge < -0.3 is 20.9 Å². The van der Waals surface area contributed by atoms with Crippen LogP contribution in [0.5, 0.6) is 0 Å². The van der Waals surface area contributed by atoms with Gasteiger partial charge in [0.25, 0.3) is 0 Å². The summed E-state index contributed by atoms with van der Waals surface area (Å²) in [6, 6.07) is 9.29. The highest BCUT2D eigenvalue weighted by Gasteiger charge is 2.14. The molecule has 4 heteroatoms. The van der Waals surface area contributed by atoms with E-state index in [9.17, 15) is 0 Å². The second-order valence-electron chi connectivity index (χ2n) is 5.35. The number of piperazine rings is 1. The quantitative estimate of drug-likeness (QED) is 0.832. The molecule has 0 aliphatic carbocycles. The van der Waals surface area contributed by atoms with Crippen molar-refractivity contribution in [3.63, 3.8) is 0 Å². The van der Waals surface area contributed by atoms with Crippen molar-refractivity contribution in [1.82, 2.24) is 10.2 Å². The first-order valence-corrected chi connectivity index (χ1v) is 7.17. The lowest BCUT2D eigenvalue weighted by molar-refractivity contribution is 0.313. The van der Waals surface area contributed by atoms with Crippen LogP contribution in [-0.4, -0.2) is 51.2 Å². The van der Waals surface area contributed by atoms with Gasteiger partial charge in [-0.2, -0.15) is 0 Å². The van der Waals surface area contributed by atoms with Gasteiger partial charge in [0.05, 0.1) is 0 Å². The van der Waals surface area contributed by atoms with E-state index >= 15 is 0 Å². The zero-order valence-electron chi connectivity index (χ0n) is 12.1. The van der Waals surface area contributed by atoms with Crippen LogP contribution in [0.3, 0.4) is 0 Å². The van der Waals surface area contributed by atoms with Crippen LogP contribution in [0.4, 0.5) is 5.69 Å². The van der Waals surface area contributed by atoms with Crippen LogP contribution in [0.25, 0.3) is 0 Å². The van der Waals surface area contributed by atoms with E-state index in [0.717, 1.165) is 32.7 Å². The number of nitrogens with two attached hydrogens (primary N) is 1. The van der Waals surface area contributed by atoms with Gasteiger partial charge in [-0.3, -0.25) is 0 Å². The van der Waals surface area contributed by atoms with Crippen molar-refractivity contribution in [2.75, 3.05) is 51.2 Å². The van der Waals surface area contributed by atoms with Crippen LogP contribution < -0.4 is 16.0 Å². The molecule has 0 bridgehead atoms. The number of nitrogens with zero attached hydrogens (tertiary/aromatic N) is 2. The zero-order chi connectivity index (χ0) is 13.7. The molecule has 0 aromatic heterocycles. The standard InChI is InChI=1S/C15H26N4/c1-13(17-8-7-16)14-3-5-15(6-4-14)19-11-9-18(2)10-12-19/h3-6,13,17H,7-12,16H2,1-2H3. The van der Waals surface area contributed by atoms with E-state index in [2.05, 4.69) is 53.4 Å². The molecule has 19 heavy (non-hydrogen) atoms. The molecular formula is C15H26N4. The van der Waals surface area contributed by atoms with Crippen molar-refractivity contribution < 1.29 is 0 Å². The molecule has 0 radical (unpaired) electrons. The van der Waals surface area contributed by atoms with E-state index in [0.29, 0.717) is 12.6 Å². The minimum atomic E-state index is 0.366. The summed E-state index contributed by atoms with van der Waals surface area (Å²) in [7, 11) is 2.19. The Balaban J connectivity index is 1.94. The molecule has 1 atom stereocenters. The van der Waals surface area contributed by atoms with Crippen molar-refractivity contribution in [2.45, 2.75) is 13.0 Å². The third-order valence-electron chi connectivity index (χ3n) is 3.86. The lowest BCUT2D eigenvalue weighted by Gasteiger charge is -2.34. The first-order chi connectivity index (χ1) is 9.20. The maximum atomic E-state index is 5.51. The topological polar surface area (TPSA) is 44.5 Å². The lowest BCUT2D eigenvalue weighted by atomic mass is 10.1. The first-order valence-electron chi connectivity index (χ1n) is 7.17. The Labute approximate surface area is 116 Å². The van der Waals surface area contributed by atoms with E-state index in [1.807, 2.05) is 0 Å². The van der Waals surface area contributed by atoms with Crippen LogP contribution >= 0.6 is 0 Å². The van der Waals surface area contributed by atoms with Crippen molar-refractivity contribution in [3.8, 4) is 0 Å². The first kappa shape index (κ1) is 14.3. The van der Waals surface area contributed by atoms with Crippen molar-refractivity contribution in [1.29, 1.82) is 0 Å². The van der Waals surface area contributed by atoms with Gasteiger partial charge in [-0.05, 0) is 31.7 Å².